The van der Waals surface area contributed by atoms with Crippen molar-refractivity contribution in [1.82, 2.24) is 19.4 Å². The Bertz CT molecular complexity index is 1460. The van der Waals surface area contributed by atoms with Crippen molar-refractivity contribution in [3.8, 4) is 11.1 Å². The summed E-state index contributed by atoms with van der Waals surface area (Å²) in [5.41, 5.74) is 13.4. The van der Waals surface area contributed by atoms with E-state index in [2.05, 4.69) is 21.4 Å². The molecule has 3 aromatic heterocycles. The number of halogens is 1. The van der Waals surface area contributed by atoms with Gasteiger partial charge in [0.25, 0.3) is 0 Å². The topological polar surface area (TPSA) is 84.4 Å². The van der Waals surface area contributed by atoms with Gasteiger partial charge in [0.2, 0.25) is 0 Å². The minimum Gasteiger partial charge on any atom is -0.388 e. The van der Waals surface area contributed by atoms with Gasteiger partial charge in [-0.15, -0.1) is 0 Å². The molecule has 0 bridgehead atoms. The lowest BCUT2D eigenvalue weighted by Crippen LogP contribution is -2.30. The standard InChI is InChI=1S/C26H26FN7/c1-29-19-9-16(27)8-18-17(19)10-20-24(18)25(34-13-21(28)26(14-34)4-5-26)32-22(31-20)7-15-11-30-23-3-2-6-33(23)12-15/h2-3,6,8-9,11-12,21,29H,4-5,7,10,13-14,28H2,1H3/t21-/m0/s1. The van der Waals surface area contributed by atoms with Crippen LogP contribution in [0.1, 0.15) is 35.5 Å². The number of hydrogen-bond donors (Lipinski definition) is 2. The molecule has 2 aliphatic carbocycles. The molecule has 34 heavy (non-hydrogen) atoms. The van der Waals surface area contributed by atoms with E-state index >= 15 is 0 Å². The van der Waals surface area contributed by atoms with Crippen molar-refractivity contribution in [2.45, 2.75) is 31.7 Å². The summed E-state index contributed by atoms with van der Waals surface area (Å²) in [4.78, 5) is 16.9. The summed E-state index contributed by atoms with van der Waals surface area (Å²) in [6, 6.07) is 7.29. The fourth-order valence-corrected chi connectivity index (χ4v) is 5.78. The van der Waals surface area contributed by atoms with Crippen molar-refractivity contribution < 1.29 is 4.39 Å². The predicted octanol–water partition coefficient (Wildman–Crippen LogP) is 3.39. The van der Waals surface area contributed by atoms with E-state index in [-0.39, 0.29) is 17.3 Å². The summed E-state index contributed by atoms with van der Waals surface area (Å²) >= 11 is 0. The molecule has 7 nitrogen and oxygen atoms in total. The van der Waals surface area contributed by atoms with Gasteiger partial charge >= 0.3 is 0 Å². The summed E-state index contributed by atoms with van der Waals surface area (Å²) in [5.74, 6) is 1.39. The average molecular weight is 456 g/mol. The molecule has 4 heterocycles. The van der Waals surface area contributed by atoms with E-state index in [9.17, 15) is 4.39 Å². The minimum atomic E-state index is -0.256. The Morgan fingerprint density at radius 2 is 2.15 bits per heavy atom. The second kappa shape index (κ2) is 6.99. The average Bonchev–Trinajstić information content (AvgIpc) is 3.14. The Balaban J connectivity index is 1.35. The quantitative estimate of drug-likeness (QED) is 0.432. The molecule has 172 valence electrons. The zero-order chi connectivity index (χ0) is 23.0. The zero-order valence-electron chi connectivity index (χ0n) is 19.1. The SMILES string of the molecule is CNc1cc(F)cc2c1Cc1nc(Cc3cnc4cccn4c3)nc(N3C[C@H](N)C4(CC4)C3)c1-2. The Hall–Kier alpha value is -3.52. The third-order valence-electron chi connectivity index (χ3n) is 7.80. The van der Waals surface area contributed by atoms with E-state index in [0.29, 0.717) is 12.8 Å². The molecule has 7 rings (SSSR count). The molecule has 0 amide bonds. The van der Waals surface area contributed by atoms with E-state index in [1.165, 1.54) is 12.8 Å². The summed E-state index contributed by atoms with van der Waals surface area (Å²) < 4.78 is 16.6. The lowest BCUT2D eigenvalue weighted by molar-refractivity contribution is 0.499. The zero-order valence-corrected chi connectivity index (χ0v) is 19.1. The third-order valence-corrected chi connectivity index (χ3v) is 7.80. The van der Waals surface area contributed by atoms with Gasteiger partial charge in [0.1, 0.15) is 23.1 Å². The molecule has 1 spiro atoms. The van der Waals surface area contributed by atoms with Crippen molar-refractivity contribution in [1.29, 1.82) is 0 Å². The molecule has 3 N–H and O–H groups in total. The predicted molar refractivity (Wildman–Crippen MR) is 130 cm³/mol. The molecule has 1 aromatic carbocycles. The van der Waals surface area contributed by atoms with Crippen LogP contribution in [0.25, 0.3) is 16.8 Å². The summed E-state index contributed by atoms with van der Waals surface area (Å²) in [7, 11) is 1.83. The van der Waals surface area contributed by atoms with Gasteiger partial charge in [-0.25, -0.2) is 19.3 Å². The number of benzene rings is 1. The number of rotatable bonds is 4. The second-order valence-corrected chi connectivity index (χ2v) is 9.95. The number of nitrogens with one attached hydrogen (secondary N) is 1. The molecule has 0 radical (unpaired) electrons. The molecule has 1 saturated heterocycles. The molecule has 1 saturated carbocycles. The number of fused-ring (bicyclic) bond motifs is 4. The first-order valence-electron chi connectivity index (χ1n) is 11.9. The van der Waals surface area contributed by atoms with Crippen LogP contribution in [-0.4, -0.2) is 45.5 Å². The van der Waals surface area contributed by atoms with Crippen molar-refractivity contribution in [2.24, 2.45) is 11.1 Å². The lowest BCUT2D eigenvalue weighted by atomic mass is 10.0. The lowest BCUT2D eigenvalue weighted by Gasteiger charge is -2.22. The van der Waals surface area contributed by atoms with Crippen molar-refractivity contribution in [3.05, 3.63) is 71.3 Å². The maximum absolute atomic E-state index is 14.6. The molecule has 2 fully saturated rings. The normalized spacial score (nSPS) is 19.6. The minimum absolute atomic E-state index is 0.142. The first kappa shape index (κ1) is 19.9. The fourth-order valence-electron chi connectivity index (χ4n) is 5.78. The van der Waals surface area contributed by atoms with Gasteiger partial charge < -0.3 is 20.4 Å². The molecule has 8 heteroatoms. The Labute approximate surface area is 196 Å². The third kappa shape index (κ3) is 2.94. The van der Waals surface area contributed by atoms with Crippen LogP contribution in [0.3, 0.4) is 0 Å². The van der Waals surface area contributed by atoms with Crippen LogP contribution in [0.15, 0.2) is 42.9 Å². The Morgan fingerprint density at radius 3 is 2.94 bits per heavy atom. The van der Waals surface area contributed by atoms with Crippen LogP contribution in [0.2, 0.25) is 0 Å². The summed E-state index contributed by atoms with van der Waals surface area (Å²) in [6.07, 6.45) is 9.53. The maximum atomic E-state index is 14.6. The van der Waals surface area contributed by atoms with Gasteiger partial charge in [-0.2, -0.15) is 0 Å². The van der Waals surface area contributed by atoms with Gasteiger partial charge in [0.15, 0.2) is 0 Å². The number of nitrogens with zero attached hydrogens (tertiary/aromatic N) is 5. The highest BCUT2D eigenvalue weighted by molar-refractivity contribution is 5.88. The van der Waals surface area contributed by atoms with Crippen molar-refractivity contribution in [2.75, 3.05) is 30.4 Å². The van der Waals surface area contributed by atoms with Gasteiger partial charge in [-0.05, 0) is 53.8 Å². The first-order valence-corrected chi connectivity index (χ1v) is 11.9. The van der Waals surface area contributed by atoms with E-state index in [1.54, 1.807) is 12.1 Å². The monoisotopic (exact) mass is 455 g/mol. The number of anilines is 2. The largest absolute Gasteiger partial charge is 0.388 e. The van der Waals surface area contributed by atoms with E-state index < -0.39 is 0 Å². The molecule has 3 aliphatic rings. The van der Waals surface area contributed by atoms with Crippen LogP contribution in [0, 0.1) is 11.2 Å². The second-order valence-electron chi connectivity index (χ2n) is 9.95. The summed E-state index contributed by atoms with van der Waals surface area (Å²) in [5, 5.41) is 3.16. The van der Waals surface area contributed by atoms with Gasteiger partial charge in [-0.1, -0.05) is 0 Å². The van der Waals surface area contributed by atoms with Crippen molar-refractivity contribution >= 4 is 17.2 Å². The molecular formula is C26H26FN7. The molecule has 1 atom stereocenters. The first-order chi connectivity index (χ1) is 16.5. The molecule has 1 aliphatic heterocycles. The Morgan fingerprint density at radius 1 is 1.26 bits per heavy atom. The van der Waals surface area contributed by atoms with Crippen LogP contribution >= 0.6 is 0 Å². The van der Waals surface area contributed by atoms with Crippen LogP contribution in [0.4, 0.5) is 15.9 Å². The van der Waals surface area contributed by atoms with Crippen LogP contribution in [-0.2, 0) is 12.8 Å². The van der Waals surface area contributed by atoms with Crippen molar-refractivity contribution in [3.63, 3.8) is 0 Å². The highest BCUT2D eigenvalue weighted by Crippen LogP contribution is 2.54. The van der Waals surface area contributed by atoms with Gasteiger partial charge in [-0.3, -0.25) is 0 Å². The smallest absolute Gasteiger partial charge is 0.140 e. The number of aromatic nitrogens is 4. The van der Waals surface area contributed by atoms with E-state index in [1.807, 2.05) is 36.0 Å². The molecule has 4 aromatic rings. The highest BCUT2D eigenvalue weighted by Gasteiger charge is 2.54. The summed E-state index contributed by atoms with van der Waals surface area (Å²) in [6.45, 7) is 1.67. The number of hydrogen-bond acceptors (Lipinski definition) is 6. The van der Waals surface area contributed by atoms with Gasteiger partial charge in [0.05, 0.1) is 5.69 Å². The number of nitrogens with two attached hydrogens (primary N) is 1. The maximum Gasteiger partial charge on any atom is 0.140 e. The van der Waals surface area contributed by atoms with Crippen LogP contribution in [0.5, 0.6) is 0 Å². The van der Waals surface area contributed by atoms with Crippen LogP contribution < -0.4 is 16.0 Å². The molecule has 0 unspecified atom stereocenters. The Kier molecular flexibility index (Phi) is 4.09. The van der Waals surface area contributed by atoms with Gasteiger partial charge in [0, 0.05) is 74.3 Å². The fraction of sp³-hybridized carbons (Fsp3) is 0.346. The molecular weight excluding hydrogens is 429 g/mol. The highest BCUT2D eigenvalue weighted by atomic mass is 19.1. The van der Waals surface area contributed by atoms with E-state index in [4.69, 9.17) is 15.7 Å². The van der Waals surface area contributed by atoms with E-state index in [0.717, 1.165) is 64.0 Å².